The van der Waals surface area contributed by atoms with E-state index in [9.17, 15) is 8.42 Å². The number of hydrogen-bond donors (Lipinski definition) is 2. The van der Waals surface area contributed by atoms with E-state index in [1.165, 1.54) is 0 Å². The molecule has 0 aromatic carbocycles. The zero-order valence-electron chi connectivity index (χ0n) is 8.44. The summed E-state index contributed by atoms with van der Waals surface area (Å²) >= 11 is 0. The first-order chi connectivity index (χ1) is 7.11. The van der Waals surface area contributed by atoms with Gasteiger partial charge in [-0.15, -0.1) is 0 Å². The van der Waals surface area contributed by atoms with Crippen molar-refractivity contribution >= 4 is 9.84 Å². The van der Waals surface area contributed by atoms with Gasteiger partial charge in [0, 0.05) is 24.4 Å². The Morgan fingerprint density at radius 1 is 1.60 bits per heavy atom. The number of hydrogen-bond acceptors (Lipinski definition) is 4. The van der Waals surface area contributed by atoms with Gasteiger partial charge in [0.2, 0.25) is 0 Å². The first kappa shape index (κ1) is 10.6. The molecule has 0 radical (unpaired) electrons. The van der Waals surface area contributed by atoms with Crippen molar-refractivity contribution in [2.45, 2.75) is 25.3 Å². The lowest BCUT2D eigenvalue weighted by Gasteiger charge is -2.19. The highest BCUT2D eigenvalue weighted by Gasteiger charge is 2.27. The van der Waals surface area contributed by atoms with E-state index >= 15 is 0 Å². The van der Waals surface area contributed by atoms with E-state index in [0.717, 1.165) is 24.4 Å². The molecule has 0 amide bonds. The van der Waals surface area contributed by atoms with Crippen LogP contribution in [0.3, 0.4) is 0 Å². The zero-order chi connectivity index (χ0) is 10.9. The second-order valence-corrected chi connectivity index (χ2v) is 6.18. The summed E-state index contributed by atoms with van der Waals surface area (Å²) in [6.45, 7) is 0.409. The normalized spacial score (nSPS) is 25.3. The fourth-order valence-corrected chi connectivity index (χ4v) is 3.64. The van der Waals surface area contributed by atoms with E-state index in [4.69, 9.17) is 5.73 Å². The molecule has 2 heterocycles. The number of H-pyrrole nitrogens is 1. The Kier molecular flexibility index (Phi) is 2.79. The minimum atomic E-state index is -2.87. The van der Waals surface area contributed by atoms with Gasteiger partial charge in [-0.3, -0.25) is 0 Å². The molecule has 1 unspecified atom stereocenters. The van der Waals surface area contributed by atoms with Crippen LogP contribution in [0.4, 0.5) is 0 Å². The number of rotatable bonds is 2. The molecule has 0 spiro atoms. The second-order valence-electron chi connectivity index (χ2n) is 3.95. The van der Waals surface area contributed by atoms with Gasteiger partial charge < -0.3 is 10.7 Å². The number of imidazole rings is 1. The molecule has 1 aliphatic rings. The van der Waals surface area contributed by atoms with E-state index < -0.39 is 9.84 Å². The van der Waals surface area contributed by atoms with Crippen LogP contribution in [0.5, 0.6) is 0 Å². The van der Waals surface area contributed by atoms with Crippen molar-refractivity contribution in [1.82, 2.24) is 9.97 Å². The quantitative estimate of drug-likeness (QED) is 0.756. The molecule has 1 fully saturated rings. The molecule has 84 valence electrons. The van der Waals surface area contributed by atoms with Gasteiger partial charge in [-0.25, -0.2) is 13.4 Å². The predicted octanol–water partition coefficient (Wildman–Crippen LogP) is 0.161. The molecular weight excluding hydrogens is 214 g/mol. The van der Waals surface area contributed by atoms with Gasteiger partial charge in [-0.1, -0.05) is 0 Å². The molecule has 1 saturated heterocycles. The smallest absolute Gasteiger partial charge is 0.151 e. The average Bonchev–Trinajstić information content (AvgIpc) is 2.64. The minimum Gasteiger partial charge on any atom is -0.345 e. The van der Waals surface area contributed by atoms with Crippen molar-refractivity contribution in [2.75, 3.05) is 11.5 Å². The van der Waals surface area contributed by atoms with E-state index in [1.54, 1.807) is 6.20 Å². The average molecular weight is 229 g/mol. The molecule has 1 aromatic rings. The number of nitrogens with one attached hydrogen (secondary N) is 1. The molecule has 6 heteroatoms. The van der Waals surface area contributed by atoms with E-state index in [0.29, 0.717) is 12.3 Å². The van der Waals surface area contributed by atoms with Gasteiger partial charge in [0.05, 0.1) is 11.5 Å². The maximum Gasteiger partial charge on any atom is 0.151 e. The molecule has 0 bridgehead atoms. The molecule has 1 aliphatic heterocycles. The maximum atomic E-state index is 11.4. The van der Waals surface area contributed by atoms with Crippen LogP contribution in [0.25, 0.3) is 0 Å². The number of nitrogens with zero attached hydrogens (tertiary/aromatic N) is 1. The van der Waals surface area contributed by atoms with Crippen molar-refractivity contribution in [3.05, 3.63) is 17.7 Å². The van der Waals surface area contributed by atoms with Crippen LogP contribution < -0.4 is 5.73 Å². The largest absolute Gasteiger partial charge is 0.345 e. The van der Waals surface area contributed by atoms with E-state index in [2.05, 4.69) is 9.97 Å². The first-order valence-electron chi connectivity index (χ1n) is 5.05. The second kappa shape index (κ2) is 3.94. The highest BCUT2D eigenvalue weighted by Crippen LogP contribution is 2.26. The van der Waals surface area contributed by atoms with Gasteiger partial charge in [0.25, 0.3) is 0 Å². The van der Waals surface area contributed by atoms with Crippen molar-refractivity contribution in [3.63, 3.8) is 0 Å². The Balaban J connectivity index is 2.17. The first-order valence-corrected chi connectivity index (χ1v) is 6.87. The van der Waals surface area contributed by atoms with Gasteiger partial charge in [0.1, 0.15) is 5.82 Å². The number of sulfone groups is 1. The van der Waals surface area contributed by atoms with Gasteiger partial charge >= 0.3 is 0 Å². The third kappa shape index (κ3) is 2.38. The highest BCUT2D eigenvalue weighted by molar-refractivity contribution is 7.91. The van der Waals surface area contributed by atoms with Gasteiger partial charge in [-0.05, 0) is 12.8 Å². The number of aromatic amines is 1. The van der Waals surface area contributed by atoms with Crippen LogP contribution in [0, 0.1) is 0 Å². The molecule has 3 N–H and O–H groups in total. The lowest BCUT2D eigenvalue weighted by Crippen LogP contribution is -2.24. The third-order valence-corrected chi connectivity index (χ3v) is 4.54. The summed E-state index contributed by atoms with van der Waals surface area (Å²) in [4.78, 5) is 7.25. The van der Waals surface area contributed by atoms with E-state index in [1.807, 2.05) is 0 Å². The number of nitrogens with two attached hydrogens (primary N) is 1. The van der Waals surface area contributed by atoms with Crippen LogP contribution in [-0.2, 0) is 16.4 Å². The Labute approximate surface area is 89.0 Å². The summed E-state index contributed by atoms with van der Waals surface area (Å²) < 4.78 is 22.9. The lowest BCUT2D eigenvalue weighted by molar-refractivity contribution is 0.545. The topological polar surface area (TPSA) is 88.8 Å². The molecular formula is C9H15N3O2S. The van der Waals surface area contributed by atoms with Crippen LogP contribution in [0.2, 0.25) is 0 Å². The lowest BCUT2D eigenvalue weighted by atomic mass is 10.1. The molecule has 5 nitrogen and oxygen atoms in total. The summed E-state index contributed by atoms with van der Waals surface area (Å²) in [5, 5.41) is 0. The van der Waals surface area contributed by atoms with Crippen molar-refractivity contribution in [2.24, 2.45) is 5.73 Å². The zero-order valence-corrected chi connectivity index (χ0v) is 9.26. The van der Waals surface area contributed by atoms with Crippen molar-refractivity contribution in [3.8, 4) is 0 Å². The summed E-state index contributed by atoms with van der Waals surface area (Å²) in [6, 6.07) is 0. The minimum absolute atomic E-state index is 0.0176. The van der Waals surface area contributed by atoms with Crippen LogP contribution in [0.1, 0.15) is 30.3 Å². The van der Waals surface area contributed by atoms with E-state index in [-0.39, 0.29) is 11.7 Å². The molecule has 2 rings (SSSR count). The van der Waals surface area contributed by atoms with Gasteiger partial charge in [-0.2, -0.15) is 0 Å². The summed E-state index contributed by atoms with van der Waals surface area (Å²) in [7, 11) is -2.87. The highest BCUT2D eigenvalue weighted by atomic mass is 32.2. The predicted molar refractivity (Wildman–Crippen MR) is 57.1 cm³/mol. The standard InChI is InChI=1S/C9H15N3O2S/c10-4-8-5-11-9(12-8)7-2-1-3-15(13,14)6-7/h5,7H,1-4,6,10H2,(H,11,12). The third-order valence-electron chi connectivity index (χ3n) is 2.72. The van der Waals surface area contributed by atoms with Gasteiger partial charge in [0.15, 0.2) is 9.84 Å². The van der Waals surface area contributed by atoms with Crippen LogP contribution in [-0.4, -0.2) is 29.9 Å². The summed E-state index contributed by atoms with van der Waals surface area (Å²) in [5.41, 5.74) is 6.31. The Morgan fingerprint density at radius 3 is 3.00 bits per heavy atom. The number of aromatic nitrogens is 2. The molecule has 0 saturated carbocycles. The summed E-state index contributed by atoms with van der Waals surface area (Å²) in [5.74, 6) is 1.31. The molecule has 1 atom stereocenters. The Bertz CT molecular complexity index is 438. The molecule has 1 aromatic heterocycles. The monoisotopic (exact) mass is 229 g/mol. The SMILES string of the molecule is NCc1cnc(C2CCCS(=O)(=O)C2)[nH]1. The molecule has 0 aliphatic carbocycles. The molecule has 15 heavy (non-hydrogen) atoms. The van der Waals surface area contributed by atoms with Crippen molar-refractivity contribution in [1.29, 1.82) is 0 Å². The fourth-order valence-electron chi connectivity index (χ4n) is 1.93. The van der Waals surface area contributed by atoms with Crippen molar-refractivity contribution < 1.29 is 8.42 Å². The van der Waals surface area contributed by atoms with Crippen LogP contribution in [0.15, 0.2) is 6.20 Å². The van der Waals surface area contributed by atoms with Crippen LogP contribution >= 0.6 is 0 Å². The fraction of sp³-hybridized carbons (Fsp3) is 0.667. The Hall–Kier alpha value is -0.880. The Morgan fingerprint density at radius 2 is 2.40 bits per heavy atom. The summed E-state index contributed by atoms with van der Waals surface area (Å²) in [6.07, 6.45) is 3.29. The maximum absolute atomic E-state index is 11.4.